The van der Waals surface area contributed by atoms with Crippen molar-refractivity contribution in [3.8, 4) is 0 Å². The molecule has 1 aliphatic heterocycles. The lowest BCUT2D eigenvalue weighted by molar-refractivity contribution is 0.404. The Labute approximate surface area is 106 Å². The summed E-state index contributed by atoms with van der Waals surface area (Å²) in [6, 6.07) is 6.69. The highest BCUT2D eigenvalue weighted by atomic mass is 19.1. The van der Waals surface area contributed by atoms with E-state index in [1.54, 1.807) is 12.1 Å². The van der Waals surface area contributed by atoms with Gasteiger partial charge in [0.15, 0.2) is 0 Å². The van der Waals surface area contributed by atoms with E-state index in [2.05, 4.69) is 21.7 Å². The third-order valence-electron chi connectivity index (χ3n) is 3.53. The van der Waals surface area contributed by atoms with Crippen LogP contribution in [0.15, 0.2) is 24.3 Å². The van der Waals surface area contributed by atoms with Crippen LogP contribution in [-0.4, -0.2) is 14.8 Å². The molecule has 0 spiro atoms. The van der Waals surface area contributed by atoms with Crippen LogP contribution in [0.5, 0.6) is 0 Å². The highest BCUT2D eigenvalue weighted by Gasteiger charge is 2.20. The Balaban J connectivity index is 1.86. The first kappa shape index (κ1) is 11.4. The topological polar surface area (TPSA) is 30.7 Å². The Morgan fingerprint density at radius 1 is 1.39 bits per heavy atom. The predicted molar refractivity (Wildman–Crippen MR) is 66.7 cm³/mol. The first-order valence-electron chi connectivity index (χ1n) is 6.38. The van der Waals surface area contributed by atoms with Crippen LogP contribution in [0.3, 0.4) is 0 Å². The van der Waals surface area contributed by atoms with Crippen LogP contribution in [-0.2, 0) is 19.4 Å². The van der Waals surface area contributed by atoms with Crippen molar-refractivity contribution >= 4 is 0 Å². The molecule has 4 heteroatoms. The number of benzene rings is 1. The Kier molecular flexibility index (Phi) is 2.86. The van der Waals surface area contributed by atoms with E-state index in [0.29, 0.717) is 12.3 Å². The monoisotopic (exact) mass is 245 g/mol. The first-order chi connectivity index (χ1) is 8.72. The molecule has 0 amide bonds. The predicted octanol–water partition coefficient (Wildman–Crippen LogP) is 2.59. The molecule has 3 nitrogen and oxygen atoms in total. The lowest BCUT2D eigenvalue weighted by atomic mass is 10.00. The van der Waals surface area contributed by atoms with E-state index in [-0.39, 0.29) is 5.82 Å². The zero-order valence-corrected chi connectivity index (χ0v) is 10.4. The second-order valence-electron chi connectivity index (χ2n) is 5.09. The van der Waals surface area contributed by atoms with E-state index in [1.165, 1.54) is 12.5 Å². The summed E-state index contributed by atoms with van der Waals surface area (Å²) in [4.78, 5) is 0. The highest BCUT2D eigenvalue weighted by Crippen LogP contribution is 2.20. The largest absolute Gasteiger partial charge is 0.315 e. The fourth-order valence-electron chi connectivity index (χ4n) is 2.51. The third kappa shape index (κ3) is 2.15. The average molecular weight is 245 g/mol. The lowest BCUT2D eigenvalue weighted by Gasteiger charge is -2.20. The van der Waals surface area contributed by atoms with E-state index < -0.39 is 0 Å². The average Bonchev–Trinajstić information content (AvgIpc) is 2.72. The molecule has 1 atom stereocenters. The normalized spacial score (nSPS) is 18.7. The van der Waals surface area contributed by atoms with E-state index >= 15 is 0 Å². The number of halogens is 1. The lowest BCUT2D eigenvalue weighted by Crippen LogP contribution is -2.19. The molecule has 0 fully saturated rings. The molecular weight excluding hydrogens is 229 g/mol. The molecule has 18 heavy (non-hydrogen) atoms. The Morgan fingerprint density at radius 2 is 2.28 bits per heavy atom. The van der Waals surface area contributed by atoms with Gasteiger partial charge in [-0.15, -0.1) is 10.2 Å². The summed E-state index contributed by atoms with van der Waals surface area (Å²) in [6.07, 6.45) is 2.82. The molecule has 0 saturated heterocycles. The molecule has 0 radical (unpaired) electrons. The Morgan fingerprint density at radius 3 is 3.11 bits per heavy atom. The van der Waals surface area contributed by atoms with Gasteiger partial charge in [-0.25, -0.2) is 4.39 Å². The second-order valence-corrected chi connectivity index (χ2v) is 5.09. The number of nitrogens with zero attached hydrogens (tertiary/aromatic N) is 3. The standard InChI is InChI=1S/C14H16FN3/c1-10-5-6-18-13(7-10)16-17-14(18)9-11-3-2-4-12(15)8-11/h2-4,8,10H,5-7,9H2,1H3. The van der Waals surface area contributed by atoms with Gasteiger partial charge < -0.3 is 4.57 Å². The van der Waals surface area contributed by atoms with E-state index in [9.17, 15) is 4.39 Å². The van der Waals surface area contributed by atoms with Crippen LogP contribution in [0.25, 0.3) is 0 Å². The molecule has 3 rings (SSSR count). The summed E-state index contributed by atoms with van der Waals surface area (Å²) < 4.78 is 15.3. The van der Waals surface area contributed by atoms with Crippen molar-refractivity contribution in [2.75, 3.05) is 0 Å². The smallest absolute Gasteiger partial charge is 0.137 e. The van der Waals surface area contributed by atoms with E-state index in [4.69, 9.17) is 0 Å². The number of fused-ring (bicyclic) bond motifs is 1. The fraction of sp³-hybridized carbons (Fsp3) is 0.429. The van der Waals surface area contributed by atoms with E-state index in [1.807, 2.05) is 6.07 Å². The van der Waals surface area contributed by atoms with Gasteiger partial charge in [0.2, 0.25) is 0 Å². The van der Waals surface area contributed by atoms with Crippen molar-refractivity contribution in [3.05, 3.63) is 47.3 Å². The molecule has 1 aromatic carbocycles. The highest BCUT2D eigenvalue weighted by molar-refractivity contribution is 5.20. The zero-order valence-electron chi connectivity index (χ0n) is 10.4. The maximum Gasteiger partial charge on any atom is 0.137 e. The van der Waals surface area contributed by atoms with Crippen LogP contribution < -0.4 is 0 Å². The molecule has 1 aromatic heterocycles. The number of hydrogen-bond acceptors (Lipinski definition) is 2. The molecule has 0 N–H and O–H groups in total. The summed E-state index contributed by atoms with van der Waals surface area (Å²) in [5.74, 6) is 2.51. The molecular formula is C14H16FN3. The third-order valence-corrected chi connectivity index (χ3v) is 3.53. The maximum atomic E-state index is 13.1. The summed E-state index contributed by atoms with van der Waals surface area (Å²) in [5.41, 5.74) is 0.948. The van der Waals surface area contributed by atoms with Crippen LogP contribution in [0.2, 0.25) is 0 Å². The van der Waals surface area contributed by atoms with Gasteiger partial charge in [0.1, 0.15) is 17.5 Å². The maximum absolute atomic E-state index is 13.1. The molecule has 1 unspecified atom stereocenters. The van der Waals surface area contributed by atoms with Gasteiger partial charge in [-0.3, -0.25) is 0 Å². The molecule has 0 saturated carbocycles. The fourth-order valence-corrected chi connectivity index (χ4v) is 2.51. The van der Waals surface area contributed by atoms with Gasteiger partial charge in [-0.2, -0.15) is 0 Å². The van der Waals surface area contributed by atoms with Gasteiger partial charge in [0.25, 0.3) is 0 Å². The number of hydrogen-bond donors (Lipinski definition) is 0. The van der Waals surface area contributed by atoms with Crippen molar-refractivity contribution in [2.45, 2.75) is 32.7 Å². The van der Waals surface area contributed by atoms with Crippen molar-refractivity contribution < 1.29 is 4.39 Å². The minimum absolute atomic E-state index is 0.195. The first-order valence-corrected chi connectivity index (χ1v) is 6.38. The molecule has 0 bridgehead atoms. The van der Waals surface area contributed by atoms with Crippen LogP contribution in [0.1, 0.15) is 30.6 Å². The number of aromatic nitrogens is 3. The quantitative estimate of drug-likeness (QED) is 0.814. The Bertz CT molecular complexity index is 562. The van der Waals surface area contributed by atoms with Gasteiger partial charge >= 0.3 is 0 Å². The van der Waals surface area contributed by atoms with Crippen LogP contribution in [0.4, 0.5) is 4.39 Å². The zero-order chi connectivity index (χ0) is 12.5. The van der Waals surface area contributed by atoms with Crippen LogP contribution in [0, 0.1) is 11.7 Å². The minimum Gasteiger partial charge on any atom is -0.315 e. The SMILES string of the molecule is CC1CCn2c(Cc3cccc(F)c3)nnc2C1. The van der Waals surface area contributed by atoms with Gasteiger partial charge in [0, 0.05) is 19.4 Å². The van der Waals surface area contributed by atoms with E-state index in [0.717, 1.165) is 30.2 Å². The molecule has 2 aromatic rings. The molecule has 94 valence electrons. The molecule has 0 aliphatic carbocycles. The second kappa shape index (κ2) is 4.52. The van der Waals surface area contributed by atoms with Crippen LogP contribution >= 0.6 is 0 Å². The van der Waals surface area contributed by atoms with Crippen molar-refractivity contribution in [1.29, 1.82) is 0 Å². The van der Waals surface area contributed by atoms with Crippen molar-refractivity contribution in [1.82, 2.24) is 14.8 Å². The summed E-state index contributed by atoms with van der Waals surface area (Å²) in [6.45, 7) is 3.22. The molecule has 1 aliphatic rings. The summed E-state index contributed by atoms with van der Waals surface area (Å²) in [5, 5.41) is 8.49. The van der Waals surface area contributed by atoms with Gasteiger partial charge in [-0.1, -0.05) is 19.1 Å². The number of rotatable bonds is 2. The minimum atomic E-state index is -0.195. The molecule has 2 heterocycles. The van der Waals surface area contributed by atoms with Gasteiger partial charge in [-0.05, 0) is 30.0 Å². The summed E-state index contributed by atoms with van der Waals surface area (Å²) in [7, 11) is 0. The van der Waals surface area contributed by atoms with Gasteiger partial charge in [0.05, 0.1) is 0 Å². The Hall–Kier alpha value is -1.71. The summed E-state index contributed by atoms with van der Waals surface area (Å²) >= 11 is 0. The van der Waals surface area contributed by atoms with Crippen molar-refractivity contribution in [3.63, 3.8) is 0 Å². The van der Waals surface area contributed by atoms with Crippen molar-refractivity contribution in [2.24, 2.45) is 5.92 Å².